The number of likely N-dealkylation sites (tertiary alicyclic amines) is 1. The lowest BCUT2D eigenvalue weighted by Gasteiger charge is -2.50. The fourth-order valence-corrected chi connectivity index (χ4v) is 7.20. The second-order valence-corrected chi connectivity index (χ2v) is 11.6. The lowest BCUT2D eigenvalue weighted by molar-refractivity contribution is -0.149. The number of Topliss-reactive ketones (excluding diaryl/α,β-unsaturated/α-hetero) is 2. The van der Waals surface area contributed by atoms with Crippen LogP contribution in [-0.2, 0) is 32.1 Å². The van der Waals surface area contributed by atoms with E-state index in [1.807, 2.05) is 0 Å². The fourth-order valence-electron chi connectivity index (χ4n) is 7.20. The summed E-state index contributed by atoms with van der Waals surface area (Å²) in [6, 6.07) is 2.12. The van der Waals surface area contributed by atoms with Gasteiger partial charge in [-0.15, -0.1) is 0 Å². The normalized spacial score (nSPS) is 28.9. The van der Waals surface area contributed by atoms with Crippen molar-refractivity contribution in [2.24, 2.45) is 23.5 Å². The number of hydrogen-bond acceptors (Lipinski definition) is 11. The van der Waals surface area contributed by atoms with Crippen molar-refractivity contribution in [3.63, 3.8) is 0 Å². The summed E-state index contributed by atoms with van der Waals surface area (Å²) in [7, 11) is 4.55. The molecule has 4 atom stereocenters. The third kappa shape index (κ3) is 4.32. The third-order valence-corrected chi connectivity index (χ3v) is 9.22. The van der Waals surface area contributed by atoms with Gasteiger partial charge in [0.1, 0.15) is 22.8 Å². The number of ketones is 2. The van der Waals surface area contributed by atoms with Crippen LogP contribution in [-0.4, -0.2) is 99.6 Å². The Labute approximate surface area is 236 Å². The standard InChI is InChI=1S/C29H35N3O9/c1-31(2)22-17-11-15-10-16-14(12-32-8-6-13(7-9-32)28(39)41-3)4-5-18(33)20(16)23(34)19(15)25(36)29(17,40)26(37)21(24(22)35)27(30)38/h4-5,13,15,17,22,33,35-36,40H,6-12H2,1-3H3,(H2,30,38)/t15-,17-,22-,29-/m0/s1. The molecule has 0 aromatic heterocycles. The van der Waals surface area contributed by atoms with Crippen LogP contribution in [0.4, 0.5) is 0 Å². The molecule has 12 heteroatoms. The Hall–Kier alpha value is -3.74. The number of aliphatic hydroxyl groups excluding tert-OH is 2. The number of carbonyl (C=O) groups excluding carboxylic acids is 4. The molecule has 1 saturated heterocycles. The van der Waals surface area contributed by atoms with Gasteiger partial charge < -0.3 is 30.9 Å². The first-order valence-electron chi connectivity index (χ1n) is 13.6. The number of phenolic OH excluding ortho intramolecular Hbond substituents is 1. The van der Waals surface area contributed by atoms with Crippen molar-refractivity contribution in [2.45, 2.75) is 43.9 Å². The minimum atomic E-state index is -2.66. The van der Waals surface area contributed by atoms with Gasteiger partial charge in [0.2, 0.25) is 5.78 Å². The van der Waals surface area contributed by atoms with Gasteiger partial charge in [-0.2, -0.15) is 0 Å². The number of amides is 1. The molecule has 41 heavy (non-hydrogen) atoms. The van der Waals surface area contributed by atoms with Crippen LogP contribution >= 0.6 is 0 Å². The first kappa shape index (κ1) is 28.8. The second kappa shape index (κ2) is 10.3. The topological polar surface area (TPSA) is 191 Å². The van der Waals surface area contributed by atoms with E-state index in [1.165, 1.54) is 18.1 Å². The number of aliphatic hydroxyl groups is 3. The van der Waals surface area contributed by atoms with E-state index < -0.39 is 58.0 Å². The molecule has 0 saturated carbocycles. The first-order chi connectivity index (χ1) is 19.3. The summed E-state index contributed by atoms with van der Waals surface area (Å²) in [5.74, 6) is -7.10. The summed E-state index contributed by atoms with van der Waals surface area (Å²) >= 11 is 0. The summed E-state index contributed by atoms with van der Waals surface area (Å²) in [4.78, 5) is 55.0. The van der Waals surface area contributed by atoms with Crippen LogP contribution in [0.1, 0.15) is 40.7 Å². The highest BCUT2D eigenvalue weighted by molar-refractivity contribution is 6.24. The molecule has 0 bridgehead atoms. The van der Waals surface area contributed by atoms with Gasteiger partial charge in [0, 0.05) is 18.0 Å². The fraction of sp³-hybridized carbons (Fsp3) is 0.517. The van der Waals surface area contributed by atoms with Crippen LogP contribution in [0.25, 0.3) is 0 Å². The van der Waals surface area contributed by atoms with Crippen LogP contribution in [0.2, 0.25) is 0 Å². The predicted octanol–water partition coefficient (Wildman–Crippen LogP) is 0.506. The smallest absolute Gasteiger partial charge is 0.308 e. The van der Waals surface area contributed by atoms with Gasteiger partial charge in [0.05, 0.1) is 24.6 Å². The van der Waals surface area contributed by atoms with Crippen LogP contribution in [0, 0.1) is 17.8 Å². The molecule has 1 aliphatic heterocycles. The molecule has 1 heterocycles. The van der Waals surface area contributed by atoms with E-state index >= 15 is 0 Å². The van der Waals surface area contributed by atoms with Gasteiger partial charge in [-0.3, -0.25) is 29.0 Å². The van der Waals surface area contributed by atoms with E-state index in [0.717, 1.165) is 5.56 Å². The van der Waals surface area contributed by atoms with Crippen LogP contribution in [0.15, 0.2) is 34.8 Å². The number of allylic oxidation sites excluding steroid dienone is 1. The maximum Gasteiger partial charge on any atom is 0.308 e. The average Bonchev–Trinajstić information content (AvgIpc) is 2.91. The number of hydrogen-bond donors (Lipinski definition) is 5. The summed E-state index contributed by atoms with van der Waals surface area (Å²) in [6.45, 7) is 1.77. The highest BCUT2D eigenvalue weighted by atomic mass is 16.5. The van der Waals surface area contributed by atoms with E-state index in [2.05, 4.69) is 4.90 Å². The number of carbonyl (C=O) groups is 4. The maximum absolute atomic E-state index is 13.9. The number of phenols is 1. The maximum atomic E-state index is 13.9. The number of benzene rings is 1. The molecule has 1 fully saturated rings. The van der Waals surface area contributed by atoms with Gasteiger partial charge in [-0.1, -0.05) is 6.07 Å². The highest BCUT2D eigenvalue weighted by Crippen LogP contribution is 2.52. The van der Waals surface area contributed by atoms with Crippen molar-refractivity contribution in [1.29, 1.82) is 0 Å². The number of likely N-dealkylation sites (N-methyl/N-ethyl adjacent to an activating group) is 1. The van der Waals surface area contributed by atoms with Gasteiger partial charge in [-0.05, 0) is 76.0 Å². The largest absolute Gasteiger partial charge is 0.510 e. The molecular formula is C29H35N3O9. The Bertz CT molecular complexity index is 1410. The number of rotatable bonds is 5. The van der Waals surface area contributed by atoms with Crippen LogP contribution < -0.4 is 5.73 Å². The van der Waals surface area contributed by atoms with Gasteiger partial charge in [-0.25, -0.2) is 0 Å². The van der Waals surface area contributed by atoms with Crippen molar-refractivity contribution in [2.75, 3.05) is 34.3 Å². The summed E-state index contributed by atoms with van der Waals surface area (Å²) < 4.78 is 4.87. The number of esters is 1. The molecule has 6 N–H and O–H groups in total. The molecule has 3 aliphatic carbocycles. The molecule has 0 unspecified atom stereocenters. The van der Waals surface area contributed by atoms with Gasteiger partial charge >= 0.3 is 5.97 Å². The van der Waals surface area contributed by atoms with Crippen molar-refractivity contribution in [3.8, 4) is 5.75 Å². The molecule has 0 radical (unpaired) electrons. The monoisotopic (exact) mass is 569 g/mol. The number of nitrogens with zero attached hydrogens (tertiary/aromatic N) is 2. The summed E-state index contributed by atoms with van der Waals surface area (Å²) in [5, 5.41) is 44.8. The van der Waals surface area contributed by atoms with E-state index in [1.54, 1.807) is 20.2 Å². The number of aromatic hydroxyl groups is 1. The predicted molar refractivity (Wildman–Crippen MR) is 144 cm³/mol. The van der Waals surface area contributed by atoms with Crippen molar-refractivity contribution >= 4 is 23.4 Å². The molecule has 1 aromatic carbocycles. The molecule has 1 amide bonds. The molecular weight excluding hydrogens is 534 g/mol. The zero-order chi connectivity index (χ0) is 30.0. The van der Waals surface area contributed by atoms with Gasteiger partial charge in [0.15, 0.2) is 11.4 Å². The Morgan fingerprint density at radius 3 is 2.39 bits per heavy atom. The zero-order valence-corrected chi connectivity index (χ0v) is 23.2. The van der Waals surface area contributed by atoms with Crippen LogP contribution in [0.5, 0.6) is 5.75 Å². The second-order valence-electron chi connectivity index (χ2n) is 11.6. The van der Waals surface area contributed by atoms with Crippen molar-refractivity contribution in [3.05, 3.63) is 51.5 Å². The Balaban J connectivity index is 1.54. The molecule has 1 aromatic rings. The summed E-state index contributed by atoms with van der Waals surface area (Å²) in [6.07, 6.45) is 1.54. The molecule has 0 spiro atoms. The Morgan fingerprint density at radius 2 is 1.80 bits per heavy atom. The van der Waals surface area contributed by atoms with Crippen molar-refractivity contribution in [1.82, 2.24) is 9.80 Å². The SMILES string of the molecule is COC(=O)C1CCN(Cc2ccc(O)c3c2C[C@H]2C[C@H]4[C@H](N(C)C)C(O)=C(C(N)=O)C(=O)[C@@]4(O)C(O)=C2C3=O)CC1. The van der Waals surface area contributed by atoms with E-state index in [4.69, 9.17) is 10.5 Å². The number of nitrogens with two attached hydrogens (primary N) is 1. The Morgan fingerprint density at radius 1 is 1.15 bits per heavy atom. The minimum absolute atomic E-state index is 0.00673. The lowest BCUT2D eigenvalue weighted by Crippen LogP contribution is -2.63. The minimum Gasteiger partial charge on any atom is -0.510 e. The first-order valence-corrected chi connectivity index (χ1v) is 13.6. The van der Waals surface area contributed by atoms with E-state index in [-0.39, 0.29) is 41.6 Å². The van der Waals surface area contributed by atoms with Crippen molar-refractivity contribution < 1.29 is 44.3 Å². The molecule has 4 aliphatic rings. The highest BCUT2D eigenvalue weighted by Gasteiger charge is 2.63. The molecule has 5 rings (SSSR count). The molecule has 12 nitrogen and oxygen atoms in total. The summed E-state index contributed by atoms with van der Waals surface area (Å²) in [5.41, 5.74) is 3.10. The zero-order valence-electron chi connectivity index (χ0n) is 23.2. The number of primary amides is 1. The number of fused-ring (bicyclic) bond motifs is 3. The number of ether oxygens (including phenoxy) is 1. The third-order valence-electron chi connectivity index (χ3n) is 9.22. The Kier molecular flexibility index (Phi) is 7.21. The average molecular weight is 570 g/mol. The van der Waals surface area contributed by atoms with Gasteiger partial charge in [0.25, 0.3) is 5.91 Å². The van der Waals surface area contributed by atoms with E-state index in [9.17, 15) is 39.6 Å². The lowest BCUT2D eigenvalue weighted by atomic mass is 9.58. The number of piperidine rings is 1. The number of methoxy groups -OCH3 is 1. The van der Waals surface area contributed by atoms with Crippen LogP contribution in [0.3, 0.4) is 0 Å². The quantitative estimate of drug-likeness (QED) is 0.245. The molecule has 220 valence electrons. The van der Waals surface area contributed by atoms with E-state index in [0.29, 0.717) is 38.0 Å².